The molecule has 2 saturated heterocycles. The predicted octanol–water partition coefficient (Wildman–Crippen LogP) is 5.47. The van der Waals surface area contributed by atoms with E-state index >= 15 is 4.39 Å². The number of morpholine rings is 1. The van der Waals surface area contributed by atoms with Gasteiger partial charge < -0.3 is 19.5 Å². The first-order chi connectivity index (χ1) is 19.7. The van der Waals surface area contributed by atoms with E-state index in [-0.39, 0.29) is 17.6 Å². The van der Waals surface area contributed by atoms with Gasteiger partial charge in [0.05, 0.1) is 30.2 Å². The summed E-state index contributed by atoms with van der Waals surface area (Å²) < 4.78 is 41.1. The van der Waals surface area contributed by atoms with E-state index in [9.17, 15) is 14.3 Å². The number of halogens is 2. The molecule has 0 bridgehead atoms. The summed E-state index contributed by atoms with van der Waals surface area (Å²) in [7, 11) is 0. The van der Waals surface area contributed by atoms with Crippen LogP contribution in [0.25, 0.3) is 0 Å². The number of rotatable bonds is 8. The molecule has 6 rings (SSSR count). The summed E-state index contributed by atoms with van der Waals surface area (Å²) in [6.07, 6.45) is -0.526. The van der Waals surface area contributed by atoms with Crippen LogP contribution in [0.2, 0.25) is 0 Å². The second-order valence-corrected chi connectivity index (χ2v) is 12.6. The monoisotopic (exact) mass is 583 g/mol. The molecule has 3 aromatic rings. The summed E-state index contributed by atoms with van der Waals surface area (Å²) in [4.78, 5) is 19.1. The molecule has 41 heavy (non-hydrogen) atoms. The molecule has 3 aliphatic rings. The van der Waals surface area contributed by atoms with Crippen molar-refractivity contribution in [3.8, 4) is 5.06 Å². The van der Waals surface area contributed by atoms with Crippen LogP contribution in [0.4, 0.5) is 25.0 Å². The van der Waals surface area contributed by atoms with Crippen molar-refractivity contribution in [3.05, 3.63) is 76.7 Å². The Kier molecular flexibility index (Phi) is 7.76. The fourth-order valence-electron chi connectivity index (χ4n) is 6.12. The van der Waals surface area contributed by atoms with Crippen molar-refractivity contribution in [3.63, 3.8) is 0 Å². The molecule has 0 spiro atoms. The minimum Gasteiger partial charge on any atom is -0.399 e. The number of hydrogen-bond donors (Lipinski definition) is 1. The highest BCUT2D eigenvalue weighted by atomic mass is 32.1. The highest BCUT2D eigenvalue weighted by Gasteiger charge is 2.56. The second-order valence-electron chi connectivity index (χ2n) is 11.7. The number of likely N-dealkylation sites (tertiary alicyclic amines) is 1. The maximum Gasteiger partial charge on any atom is 0.420 e. The maximum atomic E-state index is 15.3. The number of anilines is 2. The molecule has 218 valence electrons. The third-order valence-electron chi connectivity index (χ3n) is 8.49. The van der Waals surface area contributed by atoms with E-state index in [2.05, 4.69) is 4.90 Å². The number of amides is 1. The average Bonchev–Trinajstić information content (AvgIpc) is 3.28. The predicted molar refractivity (Wildman–Crippen MR) is 155 cm³/mol. The number of benzene rings is 2. The first-order valence-corrected chi connectivity index (χ1v) is 14.9. The number of nitrogens with zero attached hydrogens (tertiary/aromatic N) is 3. The van der Waals surface area contributed by atoms with Crippen molar-refractivity contribution < 1.29 is 28.2 Å². The first-order valence-electron chi connectivity index (χ1n) is 14.1. The molecular formula is C31H35F2N3O4S. The molecule has 3 fully saturated rings. The van der Waals surface area contributed by atoms with Gasteiger partial charge in [-0.25, -0.2) is 13.6 Å². The Hall–Kier alpha value is -3.05. The number of carbonyl (C=O) groups excluding carboxylic acids is 1. The Morgan fingerprint density at radius 2 is 1.85 bits per heavy atom. The van der Waals surface area contributed by atoms with Crippen molar-refractivity contribution in [2.24, 2.45) is 17.8 Å². The quantitative estimate of drug-likeness (QED) is 0.379. The topological polar surface area (TPSA) is 65.5 Å². The summed E-state index contributed by atoms with van der Waals surface area (Å²) in [6, 6.07) is 13.4. The summed E-state index contributed by atoms with van der Waals surface area (Å²) in [5, 5.41) is 12.5. The van der Waals surface area contributed by atoms with Gasteiger partial charge in [-0.05, 0) is 78.9 Å². The molecule has 1 N–H and O–H groups in total. The van der Waals surface area contributed by atoms with Crippen molar-refractivity contribution in [1.29, 1.82) is 0 Å². The number of aliphatic hydroxyl groups is 1. The molecule has 3 heterocycles. The Morgan fingerprint density at radius 3 is 2.49 bits per heavy atom. The molecule has 0 radical (unpaired) electrons. The number of carbonyl (C=O) groups is 1. The molecule has 7 nitrogen and oxygen atoms in total. The van der Waals surface area contributed by atoms with Crippen molar-refractivity contribution in [2.75, 3.05) is 55.7 Å². The number of fused-ring (bicyclic) bond motifs is 1. The zero-order chi connectivity index (χ0) is 28.7. The Bertz CT molecular complexity index is 1380. The van der Waals surface area contributed by atoms with E-state index in [1.165, 1.54) is 23.5 Å². The van der Waals surface area contributed by atoms with Crippen LogP contribution in [0.5, 0.6) is 5.06 Å². The summed E-state index contributed by atoms with van der Waals surface area (Å²) in [6.45, 7) is 8.17. The van der Waals surface area contributed by atoms with Gasteiger partial charge in [0, 0.05) is 44.8 Å². The standard InChI is InChI=1S/C31H35F2N3O4S/c1-31(2,38)21-6-5-20(26(32)14-21)16-34-17-23-24(18-34)25(23)19-36(30(37)40-29-4-3-13-41-29)22-7-8-28(27(33)15-22)35-9-11-39-12-10-35/h3-8,13-15,23-25,38H,9-12,16-19H2,1-2H3. The fourth-order valence-corrected chi connectivity index (χ4v) is 6.68. The van der Waals surface area contributed by atoms with E-state index in [1.54, 1.807) is 49.1 Å². The van der Waals surface area contributed by atoms with Crippen LogP contribution in [0.15, 0.2) is 53.9 Å². The van der Waals surface area contributed by atoms with Gasteiger partial charge in [-0.1, -0.05) is 12.1 Å². The minimum atomic E-state index is -1.09. The first kappa shape index (κ1) is 28.1. The Labute approximate surface area is 242 Å². The van der Waals surface area contributed by atoms with Gasteiger partial charge in [-0.3, -0.25) is 9.80 Å². The van der Waals surface area contributed by atoms with Gasteiger partial charge in [-0.2, -0.15) is 0 Å². The van der Waals surface area contributed by atoms with Crippen LogP contribution in [-0.2, 0) is 16.9 Å². The van der Waals surface area contributed by atoms with E-state index in [1.807, 2.05) is 16.3 Å². The van der Waals surface area contributed by atoms with E-state index < -0.39 is 11.7 Å². The normalized spacial score (nSPS) is 22.5. The van der Waals surface area contributed by atoms with Crippen LogP contribution in [0.1, 0.15) is 25.0 Å². The lowest BCUT2D eigenvalue weighted by Crippen LogP contribution is -2.38. The van der Waals surface area contributed by atoms with E-state index in [0.29, 0.717) is 78.8 Å². The van der Waals surface area contributed by atoms with Gasteiger partial charge in [0.2, 0.25) is 0 Å². The van der Waals surface area contributed by atoms with Crippen molar-refractivity contribution >= 4 is 28.8 Å². The third-order valence-corrected chi connectivity index (χ3v) is 9.24. The largest absolute Gasteiger partial charge is 0.420 e. The van der Waals surface area contributed by atoms with Gasteiger partial charge in [-0.15, -0.1) is 11.3 Å². The molecule has 10 heteroatoms. The maximum absolute atomic E-state index is 15.3. The van der Waals surface area contributed by atoms with E-state index in [0.717, 1.165) is 13.1 Å². The Morgan fingerprint density at radius 1 is 1.10 bits per heavy atom. The highest BCUT2D eigenvalue weighted by Crippen LogP contribution is 2.52. The molecule has 2 unspecified atom stereocenters. The van der Waals surface area contributed by atoms with Crippen LogP contribution in [-0.4, -0.2) is 62.0 Å². The van der Waals surface area contributed by atoms with Gasteiger partial charge in [0.15, 0.2) is 5.06 Å². The van der Waals surface area contributed by atoms with E-state index in [4.69, 9.17) is 9.47 Å². The SMILES string of the molecule is CC(C)(O)c1ccc(CN2CC3C(C2)C3CN(C(=O)Oc2cccs2)c2ccc(N3CCOCC3)c(F)c2)c(F)c1. The summed E-state index contributed by atoms with van der Waals surface area (Å²) in [5.74, 6) is 0.322. The smallest absolute Gasteiger partial charge is 0.399 e. The molecule has 1 saturated carbocycles. The molecular weight excluding hydrogens is 548 g/mol. The van der Waals surface area contributed by atoms with Crippen LogP contribution < -0.4 is 14.5 Å². The van der Waals surface area contributed by atoms with Gasteiger partial charge in [0.25, 0.3) is 0 Å². The number of ether oxygens (including phenoxy) is 2. The number of piperidine rings is 1. The third kappa shape index (κ3) is 6.11. The van der Waals surface area contributed by atoms with Crippen molar-refractivity contribution in [1.82, 2.24) is 4.90 Å². The lowest BCUT2D eigenvalue weighted by molar-refractivity contribution is 0.0782. The lowest BCUT2D eigenvalue weighted by atomic mass is 9.97. The average molecular weight is 584 g/mol. The zero-order valence-electron chi connectivity index (χ0n) is 23.3. The molecule has 2 aromatic carbocycles. The molecule has 2 aliphatic heterocycles. The number of thiophene rings is 1. The zero-order valence-corrected chi connectivity index (χ0v) is 24.1. The van der Waals surface area contributed by atoms with Crippen molar-refractivity contribution in [2.45, 2.75) is 26.0 Å². The molecule has 2 atom stereocenters. The van der Waals surface area contributed by atoms with Crippen LogP contribution >= 0.6 is 11.3 Å². The minimum absolute atomic E-state index is 0.256. The highest BCUT2D eigenvalue weighted by molar-refractivity contribution is 7.11. The Balaban J connectivity index is 1.13. The van der Waals surface area contributed by atoms with Gasteiger partial charge in [0.1, 0.15) is 11.6 Å². The summed E-state index contributed by atoms with van der Waals surface area (Å²) >= 11 is 1.33. The molecule has 1 aromatic heterocycles. The summed E-state index contributed by atoms with van der Waals surface area (Å²) in [5.41, 5.74) is 1.03. The molecule has 1 amide bonds. The van der Waals surface area contributed by atoms with Gasteiger partial charge >= 0.3 is 6.09 Å². The second kappa shape index (κ2) is 11.3. The van der Waals surface area contributed by atoms with Crippen LogP contribution in [0.3, 0.4) is 0 Å². The number of hydrogen-bond acceptors (Lipinski definition) is 7. The lowest BCUT2D eigenvalue weighted by Gasteiger charge is -2.30. The van der Waals surface area contributed by atoms with Crippen LogP contribution in [0, 0.1) is 29.4 Å². The molecule has 1 aliphatic carbocycles. The fraction of sp³-hybridized carbons (Fsp3) is 0.452.